The van der Waals surface area contributed by atoms with E-state index in [2.05, 4.69) is 16.3 Å². The van der Waals surface area contributed by atoms with Gasteiger partial charge in [0.15, 0.2) is 11.2 Å². The predicted molar refractivity (Wildman–Crippen MR) is 120 cm³/mol. The summed E-state index contributed by atoms with van der Waals surface area (Å²) in [7, 11) is 0. The Morgan fingerprint density at radius 3 is 2.68 bits per heavy atom. The van der Waals surface area contributed by atoms with Crippen molar-refractivity contribution in [2.75, 3.05) is 36.5 Å². The highest BCUT2D eigenvalue weighted by Gasteiger charge is 2.16. The van der Waals surface area contributed by atoms with Crippen LogP contribution in [-0.4, -0.2) is 37.2 Å². The van der Waals surface area contributed by atoms with Gasteiger partial charge in [0.05, 0.1) is 24.1 Å². The van der Waals surface area contributed by atoms with E-state index in [0.717, 1.165) is 35.4 Å². The summed E-state index contributed by atoms with van der Waals surface area (Å²) < 4.78 is 11.1. The van der Waals surface area contributed by atoms with Crippen LogP contribution in [0, 0.1) is 6.92 Å². The summed E-state index contributed by atoms with van der Waals surface area (Å²) >= 11 is 0. The molecule has 0 unspecified atom stereocenters. The molecule has 0 atom stereocenters. The number of fused-ring (bicyclic) bond motifs is 2. The smallest absolute Gasteiger partial charge is 0.291 e. The maximum absolute atomic E-state index is 12.7. The molecule has 3 heterocycles. The second-order valence-corrected chi connectivity index (χ2v) is 7.55. The molecule has 1 fully saturated rings. The van der Waals surface area contributed by atoms with Gasteiger partial charge in [-0.1, -0.05) is 12.1 Å². The number of nitrogens with one attached hydrogen (secondary N) is 1. The van der Waals surface area contributed by atoms with Gasteiger partial charge < -0.3 is 19.4 Å². The number of para-hydroxylation sites is 1. The molecule has 1 aliphatic heterocycles. The molecule has 1 amide bonds. The van der Waals surface area contributed by atoms with Crippen LogP contribution in [0.5, 0.6) is 0 Å². The summed E-state index contributed by atoms with van der Waals surface area (Å²) in [5.74, 6) is 0.432. The third-order valence-electron chi connectivity index (χ3n) is 5.45. The zero-order valence-corrected chi connectivity index (χ0v) is 17.1. The number of ether oxygens (including phenoxy) is 1. The lowest BCUT2D eigenvalue weighted by Gasteiger charge is -2.28. The summed E-state index contributed by atoms with van der Waals surface area (Å²) in [5.41, 5.74) is 2.67. The van der Waals surface area contributed by atoms with E-state index in [0.29, 0.717) is 29.9 Å². The highest BCUT2D eigenvalue weighted by Crippen LogP contribution is 2.26. The Balaban J connectivity index is 1.43. The molecule has 2 aromatic carbocycles. The molecule has 1 aliphatic rings. The van der Waals surface area contributed by atoms with Crippen LogP contribution in [0.2, 0.25) is 0 Å². The first kappa shape index (κ1) is 19.3. The van der Waals surface area contributed by atoms with Crippen molar-refractivity contribution < 1.29 is 13.9 Å². The van der Waals surface area contributed by atoms with Gasteiger partial charge in [-0.25, -0.2) is 4.98 Å². The van der Waals surface area contributed by atoms with Crippen LogP contribution in [0.3, 0.4) is 0 Å². The molecular formula is C24H21N3O4. The molecule has 5 rings (SSSR count). The van der Waals surface area contributed by atoms with E-state index in [4.69, 9.17) is 14.1 Å². The molecule has 0 saturated carbocycles. The fraction of sp³-hybridized carbons (Fsp3) is 0.208. The molecule has 1 N–H and O–H groups in total. The van der Waals surface area contributed by atoms with Gasteiger partial charge in [0.2, 0.25) is 0 Å². The first-order valence-electron chi connectivity index (χ1n) is 10.2. The van der Waals surface area contributed by atoms with Gasteiger partial charge in [-0.15, -0.1) is 0 Å². The number of nitrogens with zero attached hydrogens (tertiary/aromatic N) is 2. The van der Waals surface area contributed by atoms with E-state index in [1.807, 2.05) is 19.1 Å². The molecule has 2 aromatic heterocycles. The maximum Gasteiger partial charge on any atom is 0.291 e. The zero-order chi connectivity index (χ0) is 21.4. The SMILES string of the molecule is Cc1cc(N2CCOCC2)nc2ccc(NC(=O)c3cc(=O)c4ccccc4o3)cc12. The third kappa shape index (κ3) is 3.75. The molecule has 0 bridgehead atoms. The number of carbonyl (C=O) groups is 1. The minimum absolute atomic E-state index is 0.0266. The van der Waals surface area contributed by atoms with Gasteiger partial charge >= 0.3 is 0 Å². The van der Waals surface area contributed by atoms with Crippen molar-refractivity contribution >= 4 is 39.3 Å². The molecule has 4 aromatic rings. The number of hydrogen-bond acceptors (Lipinski definition) is 6. The minimum Gasteiger partial charge on any atom is -0.451 e. The molecular weight excluding hydrogens is 394 g/mol. The van der Waals surface area contributed by atoms with Gasteiger partial charge in [0.1, 0.15) is 11.4 Å². The van der Waals surface area contributed by atoms with Crippen molar-refractivity contribution in [2.45, 2.75) is 6.92 Å². The first-order chi connectivity index (χ1) is 15.1. The van der Waals surface area contributed by atoms with E-state index < -0.39 is 5.91 Å². The molecule has 7 heteroatoms. The van der Waals surface area contributed by atoms with Crippen LogP contribution >= 0.6 is 0 Å². The van der Waals surface area contributed by atoms with Gasteiger partial charge in [0.25, 0.3) is 5.91 Å². The lowest BCUT2D eigenvalue weighted by molar-refractivity contribution is 0.0997. The van der Waals surface area contributed by atoms with Gasteiger partial charge in [-0.05, 0) is 48.9 Å². The normalized spacial score (nSPS) is 14.2. The highest BCUT2D eigenvalue weighted by molar-refractivity contribution is 6.04. The van der Waals surface area contributed by atoms with Crippen LogP contribution in [-0.2, 0) is 4.74 Å². The summed E-state index contributed by atoms with van der Waals surface area (Å²) in [6.45, 7) is 5.08. The molecule has 0 radical (unpaired) electrons. The number of morpholine rings is 1. The Morgan fingerprint density at radius 1 is 1.03 bits per heavy atom. The first-order valence-corrected chi connectivity index (χ1v) is 10.2. The summed E-state index contributed by atoms with van der Waals surface area (Å²) in [4.78, 5) is 32.0. The topological polar surface area (TPSA) is 84.7 Å². The standard InChI is InChI=1S/C24H21N3O4/c1-15-12-23(27-8-10-30-11-9-27)26-19-7-6-16(13-18(15)19)25-24(29)22-14-20(28)17-4-2-3-5-21(17)31-22/h2-7,12-14H,8-11H2,1H3,(H,25,29). The predicted octanol–water partition coefficient (Wildman–Crippen LogP) is 3.74. The van der Waals surface area contributed by atoms with Crippen LogP contribution in [0.1, 0.15) is 16.1 Å². The number of carbonyl (C=O) groups excluding carboxylic acids is 1. The molecule has 156 valence electrons. The van der Waals surface area contributed by atoms with Crippen molar-refractivity contribution in [1.29, 1.82) is 0 Å². The summed E-state index contributed by atoms with van der Waals surface area (Å²) in [6, 6.07) is 15.7. The minimum atomic E-state index is -0.474. The summed E-state index contributed by atoms with van der Waals surface area (Å²) in [6.07, 6.45) is 0. The Morgan fingerprint density at radius 2 is 1.84 bits per heavy atom. The van der Waals surface area contributed by atoms with Gasteiger partial charge in [0, 0.05) is 30.2 Å². The van der Waals surface area contributed by atoms with Crippen molar-refractivity contribution in [3.05, 3.63) is 76.1 Å². The van der Waals surface area contributed by atoms with Crippen molar-refractivity contribution in [3.63, 3.8) is 0 Å². The van der Waals surface area contributed by atoms with Crippen LogP contribution < -0.4 is 15.6 Å². The van der Waals surface area contributed by atoms with Crippen LogP contribution in [0.15, 0.2) is 63.8 Å². The number of rotatable bonds is 3. The molecule has 1 saturated heterocycles. The average molecular weight is 415 g/mol. The second-order valence-electron chi connectivity index (χ2n) is 7.55. The number of aromatic nitrogens is 1. The molecule has 7 nitrogen and oxygen atoms in total. The fourth-order valence-electron chi connectivity index (χ4n) is 3.82. The Bertz CT molecular complexity index is 1360. The fourth-order valence-corrected chi connectivity index (χ4v) is 3.82. The third-order valence-corrected chi connectivity index (χ3v) is 5.45. The monoisotopic (exact) mass is 415 g/mol. The van der Waals surface area contributed by atoms with E-state index in [1.54, 1.807) is 30.3 Å². The van der Waals surface area contributed by atoms with Crippen LogP contribution in [0.4, 0.5) is 11.5 Å². The van der Waals surface area contributed by atoms with E-state index in [-0.39, 0.29) is 11.2 Å². The lowest BCUT2D eigenvalue weighted by atomic mass is 10.1. The van der Waals surface area contributed by atoms with Gasteiger partial charge in [-0.2, -0.15) is 0 Å². The number of hydrogen-bond donors (Lipinski definition) is 1. The van der Waals surface area contributed by atoms with E-state index in [9.17, 15) is 9.59 Å². The Kier molecular flexibility index (Phi) is 4.88. The van der Waals surface area contributed by atoms with Crippen molar-refractivity contribution in [1.82, 2.24) is 4.98 Å². The quantitative estimate of drug-likeness (QED) is 0.549. The summed E-state index contributed by atoms with van der Waals surface area (Å²) in [5, 5.41) is 4.22. The van der Waals surface area contributed by atoms with Gasteiger partial charge in [-0.3, -0.25) is 9.59 Å². The number of amides is 1. The molecule has 0 spiro atoms. The highest BCUT2D eigenvalue weighted by atomic mass is 16.5. The Labute approximate surface area is 178 Å². The number of anilines is 2. The lowest BCUT2D eigenvalue weighted by Crippen LogP contribution is -2.36. The van der Waals surface area contributed by atoms with Crippen molar-refractivity contribution in [2.24, 2.45) is 0 Å². The van der Waals surface area contributed by atoms with E-state index in [1.165, 1.54) is 6.07 Å². The number of benzene rings is 2. The van der Waals surface area contributed by atoms with Crippen LogP contribution in [0.25, 0.3) is 21.9 Å². The van der Waals surface area contributed by atoms with Crippen molar-refractivity contribution in [3.8, 4) is 0 Å². The number of pyridine rings is 1. The Hall–Kier alpha value is -3.71. The maximum atomic E-state index is 12.7. The largest absolute Gasteiger partial charge is 0.451 e. The average Bonchev–Trinajstić information content (AvgIpc) is 2.80. The molecule has 0 aliphatic carbocycles. The van der Waals surface area contributed by atoms with E-state index >= 15 is 0 Å². The zero-order valence-electron chi connectivity index (χ0n) is 17.1. The number of aryl methyl sites for hydroxylation is 1. The second kappa shape index (κ2) is 7.85. The molecule has 31 heavy (non-hydrogen) atoms.